The van der Waals surface area contributed by atoms with E-state index >= 15 is 0 Å². The summed E-state index contributed by atoms with van der Waals surface area (Å²) in [5.41, 5.74) is 3.49. The molecule has 0 bridgehead atoms. The van der Waals surface area contributed by atoms with Gasteiger partial charge in [0.05, 0.1) is 5.69 Å². The lowest BCUT2D eigenvalue weighted by Gasteiger charge is -1.95. The van der Waals surface area contributed by atoms with Gasteiger partial charge in [-0.1, -0.05) is 29.8 Å². The molecule has 2 aromatic carbocycles. The fraction of sp³-hybridized carbons (Fsp3) is 0.0714. The van der Waals surface area contributed by atoms with Crippen molar-refractivity contribution < 1.29 is 0 Å². The fourth-order valence-electron chi connectivity index (χ4n) is 1.40. The van der Waals surface area contributed by atoms with E-state index in [0.29, 0.717) is 5.69 Å². The van der Waals surface area contributed by atoms with Crippen LogP contribution >= 0.6 is 0 Å². The summed E-state index contributed by atoms with van der Waals surface area (Å²) in [6, 6.07) is 14.9. The molecule has 3 nitrogen and oxygen atoms in total. The molecule has 0 aliphatic rings. The summed E-state index contributed by atoms with van der Waals surface area (Å²) in [7, 11) is 0. The van der Waals surface area contributed by atoms with Gasteiger partial charge in [0.2, 0.25) is 0 Å². The first-order chi connectivity index (χ1) is 8.28. The third-order valence-corrected chi connectivity index (χ3v) is 2.40. The maximum Gasteiger partial charge on any atom is 0.108 e. The fourth-order valence-corrected chi connectivity index (χ4v) is 1.40. The average Bonchev–Trinajstić information content (AvgIpc) is 2.39. The molecule has 0 fully saturated rings. The topological polar surface area (TPSA) is 41.8 Å². The van der Waals surface area contributed by atoms with Crippen LogP contribution in [0.2, 0.25) is 0 Å². The van der Waals surface area contributed by atoms with E-state index in [1.165, 1.54) is 5.56 Å². The van der Waals surface area contributed by atoms with Crippen LogP contribution in [0, 0.1) is 11.8 Å². The number of benzene rings is 2. The molecule has 84 valence electrons. The van der Waals surface area contributed by atoms with Crippen molar-refractivity contribution >= 4 is 17.6 Å². The van der Waals surface area contributed by atoms with E-state index < -0.39 is 0 Å². The second kappa shape index (κ2) is 5.16. The molecule has 0 amide bonds. The van der Waals surface area contributed by atoms with E-state index in [9.17, 15) is 4.91 Å². The molecular formula is C14H12N2O. The lowest BCUT2D eigenvalue weighted by atomic mass is 10.2. The van der Waals surface area contributed by atoms with E-state index in [4.69, 9.17) is 0 Å². The summed E-state index contributed by atoms with van der Waals surface area (Å²) in [4.78, 5) is 14.6. The lowest BCUT2D eigenvalue weighted by Crippen LogP contribution is -1.78. The number of aliphatic imine (C=N–C) groups is 1. The summed E-state index contributed by atoms with van der Waals surface area (Å²) in [6.07, 6.45) is 1.76. The van der Waals surface area contributed by atoms with Crippen LogP contribution in [0.25, 0.3) is 0 Å². The van der Waals surface area contributed by atoms with Gasteiger partial charge < -0.3 is 0 Å². The number of aryl methyl sites for hydroxylation is 1. The predicted octanol–water partition coefficient (Wildman–Crippen LogP) is 4.14. The zero-order chi connectivity index (χ0) is 12.1. The zero-order valence-electron chi connectivity index (χ0n) is 9.50. The van der Waals surface area contributed by atoms with Crippen LogP contribution in [0.5, 0.6) is 0 Å². The van der Waals surface area contributed by atoms with Crippen molar-refractivity contribution in [2.24, 2.45) is 10.2 Å². The normalized spacial score (nSPS) is 10.6. The van der Waals surface area contributed by atoms with Crippen LogP contribution in [-0.2, 0) is 0 Å². The highest BCUT2D eigenvalue weighted by atomic mass is 16.3. The highest BCUT2D eigenvalue weighted by Gasteiger charge is 1.92. The Hall–Kier alpha value is -2.29. The number of hydrogen-bond donors (Lipinski definition) is 0. The quantitative estimate of drug-likeness (QED) is 0.570. The highest BCUT2D eigenvalue weighted by Crippen LogP contribution is 2.14. The highest BCUT2D eigenvalue weighted by molar-refractivity contribution is 5.82. The Kier molecular flexibility index (Phi) is 3.40. The summed E-state index contributed by atoms with van der Waals surface area (Å²) in [5, 5.41) is 2.85. The van der Waals surface area contributed by atoms with Crippen LogP contribution in [0.1, 0.15) is 11.1 Å². The smallest absolute Gasteiger partial charge is 0.108 e. The molecule has 0 unspecified atom stereocenters. The van der Waals surface area contributed by atoms with Crippen molar-refractivity contribution in [2.45, 2.75) is 6.92 Å². The van der Waals surface area contributed by atoms with Gasteiger partial charge in [-0.15, -0.1) is 4.91 Å². The number of rotatable bonds is 3. The molecular weight excluding hydrogens is 212 g/mol. The van der Waals surface area contributed by atoms with Crippen molar-refractivity contribution in [1.29, 1.82) is 0 Å². The summed E-state index contributed by atoms with van der Waals surface area (Å²) in [5.74, 6) is 0. The summed E-state index contributed by atoms with van der Waals surface area (Å²) >= 11 is 0. The second-order valence-corrected chi connectivity index (χ2v) is 3.78. The standard InChI is InChI=1S/C14H12N2O/c1-11-2-6-13(7-3-11)15-10-12-4-8-14(16-17)9-5-12/h2-10H,1H3. The number of nitrogens with zero attached hydrogens (tertiary/aromatic N) is 2. The second-order valence-electron chi connectivity index (χ2n) is 3.78. The van der Waals surface area contributed by atoms with Gasteiger partial charge in [-0.25, -0.2) is 0 Å². The van der Waals surface area contributed by atoms with Crippen molar-refractivity contribution in [3.05, 3.63) is 64.6 Å². The third kappa shape index (κ3) is 3.08. The molecule has 0 N–H and O–H groups in total. The van der Waals surface area contributed by atoms with Crippen LogP contribution < -0.4 is 0 Å². The average molecular weight is 224 g/mol. The van der Waals surface area contributed by atoms with Gasteiger partial charge in [0.25, 0.3) is 0 Å². The van der Waals surface area contributed by atoms with Gasteiger partial charge in [-0.05, 0) is 41.9 Å². The Labute approximate surface area is 99.8 Å². The molecule has 0 heterocycles. The molecule has 2 rings (SSSR count). The van der Waals surface area contributed by atoms with Crippen LogP contribution in [-0.4, -0.2) is 6.21 Å². The molecule has 0 aliphatic heterocycles. The Morgan fingerprint density at radius 3 is 2.06 bits per heavy atom. The Balaban J connectivity index is 2.14. The van der Waals surface area contributed by atoms with Gasteiger partial charge in [0.15, 0.2) is 0 Å². The van der Waals surface area contributed by atoms with Crippen molar-refractivity contribution in [1.82, 2.24) is 0 Å². The first kappa shape index (κ1) is 11.2. The molecule has 0 spiro atoms. The van der Waals surface area contributed by atoms with Gasteiger partial charge in [-0.3, -0.25) is 4.99 Å². The van der Waals surface area contributed by atoms with Gasteiger partial charge in [0.1, 0.15) is 5.69 Å². The maximum absolute atomic E-state index is 10.2. The lowest BCUT2D eigenvalue weighted by molar-refractivity contribution is 1.44. The molecule has 2 aromatic rings. The maximum atomic E-state index is 10.2. The summed E-state index contributed by atoms with van der Waals surface area (Å²) < 4.78 is 0. The Morgan fingerprint density at radius 1 is 0.882 bits per heavy atom. The van der Waals surface area contributed by atoms with Crippen LogP contribution in [0.15, 0.2) is 58.7 Å². The minimum absolute atomic E-state index is 0.428. The Bertz CT molecular complexity index is 527. The molecule has 0 aromatic heterocycles. The number of hydrogen-bond acceptors (Lipinski definition) is 3. The summed E-state index contributed by atoms with van der Waals surface area (Å²) in [6.45, 7) is 2.04. The zero-order valence-corrected chi connectivity index (χ0v) is 9.50. The SMILES string of the molecule is Cc1ccc(N=Cc2ccc(N=O)cc2)cc1. The van der Waals surface area contributed by atoms with E-state index in [1.807, 2.05) is 43.3 Å². The van der Waals surface area contributed by atoms with Crippen molar-refractivity contribution in [3.8, 4) is 0 Å². The monoisotopic (exact) mass is 224 g/mol. The molecule has 17 heavy (non-hydrogen) atoms. The largest absolute Gasteiger partial charge is 0.256 e. The van der Waals surface area contributed by atoms with Crippen molar-refractivity contribution in [3.63, 3.8) is 0 Å². The van der Waals surface area contributed by atoms with Gasteiger partial charge in [-0.2, -0.15) is 0 Å². The van der Waals surface area contributed by atoms with E-state index in [-0.39, 0.29) is 0 Å². The van der Waals surface area contributed by atoms with Crippen molar-refractivity contribution in [2.75, 3.05) is 0 Å². The predicted molar refractivity (Wildman–Crippen MR) is 70.3 cm³/mol. The Morgan fingerprint density at radius 2 is 1.47 bits per heavy atom. The van der Waals surface area contributed by atoms with Crippen LogP contribution in [0.3, 0.4) is 0 Å². The first-order valence-corrected chi connectivity index (χ1v) is 5.32. The minimum atomic E-state index is 0.428. The molecule has 0 atom stereocenters. The molecule has 0 aliphatic carbocycles. The number of nitroso groups, excluding NO2 is 1. The third-order valence-electron chi connectivity index (χ3n) is 2.40. The van der Waals surface area contributed by atoms with E-state index in [2.05, 4.69) is 10.2 Å². The van der Waals surface area contributed by atoms with Gasteiger partial charge >= 0.3 is 0 Å². The minimum Gasteiger partial charge on any atom is -0.256 e. The molecule has 0 saturated carbocycles. The molecule has 3 heteroatoms. The molecule has 0 radical (unpaired) electrons. The molecule has 0 saturated heterocycles. The van der Waals surface area contributed by atoms with Gasteiger partial charge in [0, 0.05) is 6.21 Å². The van der Waals surface area contributed by atoms with E-state index in [0.717, 1.165) is 11.3 Å². The van der Waals surface area contributed by atoms with E-state index in [1.54, 1.807) is 18.3 Å². The van der Waals surface area contributed by atoms with Crippen LogP contribution in [0.4, 0.5) is 11.4 Å². The first-order valence-electron chi connectivity index (χ1n) is 5.32.